The van der Waals surface area contributed by atoms with Crippen molar-refractivity contribution in [1.82, 2.24) is 10.2 Å². The van der Waals surface area contributed by atoms with Crippen LogP contribution in [0.15, 0.2) is 18.2 Å². The molecule has 0 bridgehead atoms. The Hall–Kier alpha value is -1.06. The van der Waals surface area contributed by atoms with Crippen LogP contribution in [0, 0.1) is 0 Å². The van der Waals surface area contributed by atoms with Crippen molar-refractivity contribution in [2.75, 3.05) is 26.2 Å². The van der Waals surface area contributed by atoms with Crippen LogP contribution in [0.4, 0.5) is 0 Å². The second kappa shape index (κ2) is 5.38. The van der Waals surface area contributed by atoms with Gasteiger partial charge in [0.25, 0.3) is 0 Å². The Bertz CT molecular complexity index is 484. The van der Waals surface area contributed by atoms with Crippen molar-refractivity contribution in [3.8, 4) is 5.75 Å². The second-order valence-electron chi connectivity index (χ2n) is 6.83. The summed E-state index contributed by atoms with van der Waals surface area (Å²) < 4.78 is 5.58. The Balaban J connectivity index is 1.63. The van der Waals surface area contributed by atoms with Crippen molar-refractivity contribution in [3.63, 3.8) is 0 Å². The predicted octanol–water partition coefficient (Wildman–Crippen LogP) is 2.24. The average Bonchev–Trinajstić information content (AvgIpc) is 2.87. The van der Waals surface area contributed by atoms with E-state index in [1.165, 1.54) is 11.1 Å². The maximum absolute atomic E-state index is 5.58. The summed E-state index contributed by atoms with van der Waals surface area (Å²) in [5, 5.41) is 3.58. The lowest BCUT2D eigenvalue weighted by Crippen LogP contribution is -2.61. The van der Waals surface area contributed by atoms with Gasteiger partial charge in [-0.1, -0.05) is 12.1 Å². The third kappa shape index (κ3) is 2.84. The molecular weight excluding hydrogens is 248 g/mol. The van der Waals surface area contributed by atoms with Gasteiger partial charge in [-0.3, -0.25) is 4.90 Å². The maximum atomic E-state index is 5.58. The summed E-state index contributed by atoms with van der Waals surface area (Å²) in [7, 11) is 0. The zero-order valence-electron chi connectivity index (χ0n) is 12.9. The molecule has 110 valence electrons. The zero-order valence-corrected chi connectivity index (χ0v) is 12.9. The van der Waals surface area contributed by atoms with Crippen molar-refractivity contribution < 1.29 is 4.74 Å². The Morgan fingerprint density at radius 2 is 2.25 bits per heavy atom. The maximum Gasteiger partial charge on any atom is 0.122 e. The zero-order chi connectivity index (χ0) is 14.2. The van der Waals surface area contributed by atoms with E-state index in [4.69, 9.17) is 4.74 Å². The average molecular weight is 274 g/mol. The Kier molecular flexibility index (Phi) is 3.74. The first-order chi connectivity index (χ1) is 9.54. The first-order valence-corrected chi connectivity index (χ1v) is 7.78. The molecule has 3 heteroatoms. The number of ether oxygens (including phenoxy) is 1. The monoisotopic (exact) mass is 274 g/mol. The summed E-state index contributed by atoms with van der Waals surface area (Å²) in [6, 6.07) is 7.30. The number of rotatable bonds is 3. The molecule has 1 unspecified atom stereocenters. The van der Waals surface area contributed by atoms with Crippen LogP contribution in [0.1, 0.15) is 31.9 Å². The largest absolute Gasteiger partial charge is 0.493 e. The van der Waals surface area contributed by atoms with Crippen LogP contribution in [-0.4, -0.2) is 42.7 Å². The summed E-state index contributed by atoms with van der Waals surface area (Å²) in [5.74, 6) is 1.09. The van der Waals surface area contributed by atoms with Crippen LogP contribution in [0.25, 0.3) is 0 Å². The molecule has 1 N–H and O–H groups in total. The number of benzene rings is 1. The molecule has 2 aliphatic heterocycles. The summed E-state index contributed by atoms with van der Waals surface area (Å²) in [4.78, 5) is 2.62. The lowest BCUT2D eigenvalue weighted by Gasteiger charge is -2.45. The molecule has 0 radical (unpaired) electrons. The Labute approximate surface area is 122 Å². The van der Waals surface area contributed by atoms with E-state index in [0.717, 1.165) is 44.8 Å². The molecule has 20 heavy (non-hydrogen) atoms. The SMILES string of the molecule is CC1CN(CCc2ccc3c(c2)CCO3)C(C)(C)CN1. The predicted molar refractivity (Wildman–Crippen MR) is 82.5 cm³/mol. The fraction of sp³-hybridized carbons (Fsp3) is 0.647. The van der Waals surface area contributed by atoms with E-state index in [9.17, 15) is 0 Å². The topological polar surface area (TPSA) is 24.5 Å². The van der Waals surface area contributed by atoms with Gasteiger partial charge < -0.3 is 10.1 Å². The molecule has 1 saturated heterocycles. The van der Waals surface area contributed by atoms with E-state index < -0.39 is 0 Å². The molecule has 2 heterocycles. The molecule has 0 aromatic heterocycles. The molecule has 0 spiro atoms. The quantitative estimate of drug-likeness (QED) is 0.915. The summed E-state index contributed by atoms with van der Waals surface area (Å²) >= 11 is 0. The fourth-order valence-corrected chi connectivity index (χ4v) is 3.23. The van der Waals surface area contributed by atoms with Crippen molar-refractivity contribution in [3.05, 3.63) is 29.3 Å². The van der Waals surface area contributed by atoms with E-state index in [0.29, 0.717) is 6.04 Å². The van der Waals surface area contributed by atoms with Gasteiger partial charge in [0.1, 0.15) is 5.75 Å². The van der Waals surface area contributed by atoms with E-state index in [1.807, 2.05) is 0 Å². The minimum absolute atomic E-state index is 0.256. The van der Waals surface area contributed by atoms with Gasteiger partial charge >= 0.3 is 0 Å². The molecule has 3 nitrogen and oxygen atoms in total. The van der Waals surface area contributed by atoms with Gasteiger partial charge in [-0.15, -0.1) is 0 Å². The highest BCUT2D eigenvalue weighted by molar-refractivity contribution is 5.39. The minimum atomic E-state index is 0.256. The van der Waals surface area contributed by atoms with Crippen molar-refractivity contribution in [2.24, 2.45) is 0 Å². The molecule has 0 aliphatic carbocycles. The molecule has 0 amide bonds. The van der Waals surface area contributed by atoms with Gasteiger partial charge in [-0.25, -0.2) is 0 Å². The third-order valence-electron chi connectivity index (χ3n) is 4.66. The van der Waals surface area contributed by atoms with Crippen LogP contribution in [0.2, 0.25) is 0 Å². The molecular formula is C17H26N2O. The van der Waals surface area contributed by atoms with Crippen LogP contribution < -0.4 is 10.1 Å². The first kappa shape index (κ1) is 13.9. The Morgan fingerprint density at radius 3 is 3.10 bits per heavy atom. The van der Waals surface area contributed by atoms with Gasteiger partial charge in [-0.2, -0.15) is 0 Å². The van der Waals surface area contributed by atoms with Crippen molar-refractivity contribution in [2.45, 2.75) is 45.2 Å². The Morgan fingerprint density at radius 1 is 1.40 bits per heavy atom. The van der Waals surface area contributed by atoms with Crippen LogP contribution in [-0.2, 0) is 12.8 Å². The van der Waals surface area contributed by atoms with E-state index >= 15 is 0 Å². The number of hydrogen-bond donors (Lipinski definition) is 1. The molecule has 1 aromatic carbocycles. The lowest BCUT2D eigenvalue weighted by atomic mass is 9.96. The number of fused-ring (bicyclic) bond motifs is 1. The molecule has 2 aliphatic rings. The molecule has 1 fully saturated rings. The summed E-state index contributed by atoms with van der Waals surface area (Å²) in [6.07, 6.45) is 2.20. The first-order valence-electron chi connectivity index (χ1n) is 7.78. The van der Waals surface area contributed by atoms with Crippen molar-refractivity contribution in [1.29, 1.82) is 0 Å². The molecule has 0 saturated carbocycles. The van der Waals surface area contributed by atoms with Gasteiger partial charge in [0.2, 0.25) is 0 Å². The summed E-state index contributed by atoms with van der Waals surface area (Å²) in [6.45, 7) is 11.1. The number of piperazine rings is 1. The van der Waals surface area contributed by atoms with Crippen molar-refractivity contribution >= 4 is 0 Å². The third-order valence-corrected chi connectivity index (χ3v) is 4.66. The number of nitrogens with one attached hydrogen (secondary N) is 1. The van der Waals surface area contributed by atoms with Gasteiger partial charge in [0.15, 0.2) is 0 Å². The fourth-order valence-electron chi connectivity index (χ4n) is 3.23. The number of nitrogens with zero attached hydrogens (tertiary/aromatic N) is 1. The lowest BCUT2D eigenvalue weighted by molar-refractivity contribution is 0.0715. The standard InChI is InChI=1S/C17H26N2O/c1-13-11-19(17(2,3)12-18-13)8-6-14-4-5-16-15(10-14)7-9-20-16/h4-5,10,13,18H,6-9,11-12H2,1-3H3. The van der Waals surface area contributed by atoms with E-state index in [2.05, 4.69) is 49.2 Å². The highest BCUT2D eigenvalue weighted by atomic mass is 16.5. The second-order valence-corrected chi connectivity index (χ2v) is 6.83. The highest BCUT2D eigenvalue weighted by Gasteiger charge is 2.31. The molecule has 1 atom stereocenters. The van der Waals surface area contributed by atoms with Crippen LogP contribution in [0.5, 0.6) is 5.75 Å². The highest BCUT2D eigenvalue weighted by Crippen LogP contribution is 2.26. The normalized spacial score (nSPS) is 25.2. The number of hydrogen-bond acceptors (Lipinski definition) is 3. The molecule has 3 rings (SSSR count). The van der Waals surface area contributed by atoms with Gasteiger partial charge in [0.05, 0.1) is 6.61 Å². The smallest absolute Gasteiger partial charge is 0.122 e. The van der Waals surface area contributed by atoms with Crippen LogP contribution >= 0.6 is 0 Å². The van der Waals surface area contributed by atoms with E-state index in [-0.39, 0.29) is 5.54 Å². The van der Waals surface area contributed by atoms with Crippen LogP contribution in [0.3, 0.4) is 0 Å². The van der Waals surface area contributed by atoms with E-state index in [1.54, 1.807) is 0 Å². The van der Waals surface area contributed by atoms with Gasteiger partial charge in [0, 0.05) is 37.6 Å². The van der Waals surface area contributed by atoms with Gasteiger partial charge in [-0.05, 0) is 44.4 Å². The minimum Gasteiger partial charge on any atom is -0.493 e. The summed E-state index contributed by atoms with van der Waals surface area (Å²) in [5.41, 5.74) is 3.08. The molecule has 1 aromatic rings.